The quantitative estimate of drug-likeness (QED) is 0.389. The molecule has 1 saturated heterocycles. The van der Waals surface area contributed by atoms with Gasteiger partial charge < -0.3 is 23.8 Å². The molecule has 4 aliphatic rings. The SMILES string of the molecule is CO[C@H]1CO[C@H]([C@@H]2CCC[C@H](C)[C@@H](C)S(=O)(=O)NC(=O)c3ccc4c(c3)N(CCCCc3cc(Cl)ccc3CO4)C[C@@H]3CC[C@H]32)OC1. The number of anilines is 1. The minimum absolute atomic E-state index is 0.0677. The molecular weight excluding hydrogens is 640 g/mol. The second kappa shape index (κ2) is 15.0. The van der Waals surface area contributed by atoms with Crippen LogP contribution in [0.4, 0.5) is 5.69 Å². The molecule has 5 atom stereocenters. The number of aryl methyl sites for hydroxylation is 1. The first-order valence-corrected chi connectivity index (χ1v) is 19.2. The minimum Gasteiger partial charge on any atom is -0.487 e. The van der Waals surface area contributed by atoms with E-state index in [1.807, 2.05) is 37.3 Å². The van der Waals surface area contributed by atoms with Crippen LogP contribution in [-0.4, -0.2) is 65.4 Å². The molecule has 3 aliphatic heterocycles. The third-order valence-electron chi connectivity index (χ3n) is 11.0. The van der Waals surface area contributed by atoms with Crippen LogP contribution >= 0.6 is 11.6 Å². The van der Waals surface area contributed by atoms with E-state index in [2.05, 4.69) is 9.62 Å². The van der Waals surface area contributed by atoms with Gasteiger partial charge in [0.25, 0.3) is 5.91 Å². The summed E-state index contributed by atoms with van der Waals surface area (Å²) in [6.07, 6.45) is 7.13. The number of amides is 1. The number of carbonyl (C=O) groups is 1. The van der Waals surface area contributed by atoms with E-state index in [0.717, 1.165) is 75.7 Å². The number of hydrogen-bond acceptors (Lipinski definition) is 8. The van der Waals surface area contributed by atoms with Crippen LogP contribution in [0.1, 0.15) is 80.3 Å². The first kappa shape index (κ1) is 34.5. The molecule has 11 heteroatoms. The van der Waals surface area contributed by atoms with Gasteiger partial charge in [0.2, 0.25) is 10.0 Å². The summed E-state index contributed by atoms with van der Waals surface area (Å²) in [7, 11) is -2.22. The highest BCUT2D eigenvalue weighted by Crippen LogP contribution is 2.46. The molecule has 9 nitrogen and oxygen atoms in total. The van der Waals surface area contributed by atoms with Crippen molar-refractivity contribution >= 4 is 33.2 Å². The summed E-state index contributed by atoms with van der Waals surface area (Å²) in [6.45, 7) is 6.62. The molecule has 0 radical (unpaired) electrons. The van der Waals surface area contributed by atoms with Gasteiger partial charge in [-0.15, -0.1) is 0 Å². The van der Waals surface area contributed by atoms with Gasteiger partial charge in [-0.2, -0.15) is 0 Å². The number of hydrogen-bond donors (Lipinski definition) is 1. The van der Waals surface area contributed by atoms with Gasteiger partial charge >= 0.3 is 0 Å². The van der Waals surface area contributed by atoms with Crippen molar-refractivity contribution in [1.29, 1.82) is 0 Å². The number of methoxy groups -OCH3 is 1. The van der Waals surface area contributed by atoms with Gasteiger partial charge in [-0.05, 0) is 111 Å². The molecule has 2 aromatic rings. The van der Waals surface area contributed by atoms with Gasteiger partial charge in [0.1, 0.15) is 18.5 Å². The lowest BCUT2D eigenvalue weighted by atomic mass is 9.65. The van der Waals surface area contributed by atoms with E-state index in [9.17, 15) is 13.2 Å². The van der Waals surface area contributed by atoms with Crippen LogP contribution in [0.25, 0.3) is 0 Å². The Balaban J connectivity index is 1.35. The zero-order valence-electron chi connectivity index (χ0n) is 27.8. The predicted molar refractivity (Wildman–Crippen MR) is 182 cm³/mol. The van der Waals surface area contributed by atoms with Crippen molar-refractivity contribution in [3.8, 4) is 5.75 Å². The standard InChI is InChI=1S/C36H49ClN2O7S/c1-23-7-6-9-32(36-45-21-30(43-3)22-46-36)31-14-11-27(31)19-39-16-5-4-8-25-17-29(37)13-10-28(25)20-44-34-15-12-26(18-33(34)39)35(40)38-47(41,42)24(23)2/h10,12-13,15,17-18,23-24,27,30-32,36H,4-9,11,14,16,19-22H2,1-3H3,(H,38,40)/t23-,24+,27-,30-,31+,32+,36-/m0/s1. The smallest absolute Gasteiger partial charge is 0.264 e. The normalized spacial score (nSPS) is 32.0. The lowest BCUT2D eigenvalue weighted by Gasteiger charge is -2.48. The van der Waals surface area contributed by atoms with E-state index in [4.69, 9.17) is 30.5 Å². The molecule has 3 heterocycles. The molecule has 0 spiro atoms. The van der Waals surface area contributed by atoms with E-state index in [0.29, 0.717) is 48.0 Å². The number of halogens is 1. The lowest BCUT2D eigenvalue weighted by Crippen LogP contribution is -2.49. The van der Waals surface area contributed by atoms with Crippen molar-refractivity contribution in [2.24, 2.45) is 23.7 Å². The van der Waals surface area contributed by atoms with Gasteiger partial charge in [0, 0.05) is 36.7 Å². The predicted octanol–water partition coefficient (Wildman–Crippen LogP) is 6.36. The fourth-order valence-corrected chi connectivity index (χ4v) is 9.19. The Bertz CT molecular complexity index is 1510. The zero-order valence-corrected chi connectivity index (χ0v) is 29.4. The van der Waals surface area contributed by atoms with Gasteiger partial charge in [-0.3, -0.25) is 4.79 Å². The maximum Gasteiger partial charge on any atom is 0.264 e. The molecule has 0 aromatic heterocycles. The van der Waals surface area contributed by atoms with Crippen molar-refractivity contribution < 1.29 is 32.2 Å². The van der Waals surface area contributed by atoms with Crippen LogP contribution in [0.15, 0.2) is 36.4 Å². The fraction of sp³-hybridized carbons (Fsp3) is 0.639. The molecule has 0 unspecified atom stereocenters. The Labute approximate surface area is 284 Å². The number of benzene rings is 2. The lowest BCUT2D eigenvalue weighted by molar-refractivity contribution is -0.255. The molecule has 2 aromatic carbocycles. The van der Waals surface area contributed by atoms with E-state index < -0.39 is 21.2 Å². The van der Waals surface area contributed by atoms with Crippen LogP contribution in [-0.2, 0) is 37.3 Å². The number of rotatable bonds is 2. The highest BCUT2D eigenvalue weighted by Gasteiger charge is 2.43. The molecule has 1 N–H and O–H groups in total. The monoisotopic (exact) mass is 688 g/mol. The Morgan fingerprint density at radius 1 is 0.936 bits per heavy atom. The molecule has 1 saturated carbocycles. The summed E-state index contributed by atoms with van der Waals surface area (Å²) >= 11 is 6.36. The molecular formula is C36H49ClN2O7S. The molecule has 6 rings (SSSR count). The maximum atomic E-state index is 13.5. The summed E-state index contributed by atoms with van der Waals surface area (Å²) in [5, 5.41) is -0.0131. The maximum absolute atomic E-state index is 13.5. The van der Waals surface area contributed by atoms with Gasteiger partial charge in [-0.1, -0.05) is 31.0 Å². The van der Waals surface area contributed by atoms with Crippen molar-refractivity contribution in [2.75, 3.05) is 38.3 Å². The van der Waals surface area contributed by atoms with Crippen LogP contribution < -0.4 is 14.4 Å². The fourth-order valence-electron chi connectivity index (χ4n) is 7.68. The summed E-state index contributed by atoms with van der Waals surface area (Å²) in [4.78, 5) is 15.8. The topological polar surface area (TPSA) is 103 Å². The Morgan fingerprint density at radius 2 is 1.74 bits per heavy atom. The molecule has 1 amide bonds. The van der Waals surface area contributed by atoms with E-state index in [1.165, 1.54) is 5.56 Å². The average Bonchev–Trinajstić information content (AvgIpc) is 3.08. The Morgan fingerprint density at radius 3 is 2.49 bits per heavy atom. The summed E-state index contributed by atoms with van der Waals surface area (Å²) in [5.74, 6) is 0.949. The molecule has 258 valence electrons. The second-order valence-electron chi connectivity index (χ2n) is 13.9. The van der Waals surface area contributed by atoms with E-state index in [-0.39, 0.29) is 24.2 Å². The largest absolute Gasteiger partial charge is 0.487 e. The van der Waals surface area contributed by atoms with E-state index >= 15 is 0 Å². The Hall–Kier alpha value is -2.37. The summed E-state index contributed by atoms with van der Waals surface area (Å²) < 4.78 is 53.7. The van der Waals surface area contributed by atoms with Crippen LogP contribution in [0.5, 0.6) is 5.75 Å². The van der Waals surface area contributed by atoms with Crippen molar-refractivity contribution in [3.63, 3.8) is 0 Å². The zero-order chi connectivity index (χ0) is 33.1. The second-order valence-corrected chi connectivity index (χ2v) is 16.4. The molecule has 47 heavy (non-hydrogen) atoms. The van der Waals surface area contributed by atoms with Gasteiger partial charge in [-0.25, -0.2) is 13.1 Å². The molecule has 2 fully saturated rings. The molecule has 2 bridgehead atoms. The third kappa shape index (κ3) is 7.93. The number of nitrogens with zero attached hydrogens (tertiary/aromatic N) is 1. The number of carbonyl (C=O) groups excluding carboxylic acids is 1. The number of ether oxygens (including phenoxy) is 4. The first-order valence-electron chi connectivity index (χ1n) is 17.2. The van der Waals surface area contributed by atoms with Crippen LogP contribution in [0.3, 0.4) is 0 Å². The summed E-state index contributed by atoms with van der Waals surface area (Å²) in [5.41, 5.74) is 3.39. The number of nitrogens with one attached hydrogen (secondary N) is 1. The first-order chi connectivity index (χ1) is 22.6. The number of fused-ring (bicyclic) bond motifs is 3. The van der Waals surface area contributed by atoms with Crippen LogP contribution in [0.2, 0.25) is 5.02 Å². The third-order valence-corrected chi connectivity index (χ3v) is 13.2. The van der Waals surface area contributed by atoms with Crippen molar-refractivity contribution in [1.82, 2.24) is 4.72 Å². The van der Waals surface area contributed by atoms with Crippen LogP contribution in [0, 0.1) is 23.7 Å². The van der Waals surface area contributed by atoms with Gasteiger partial charge in [0.05, 0.1) is 24.2 Å². The highest BCUT2D eigenvalue weighted by atomic mass is 35.5. The number of sulfonamides is 1. The summed E-state index contributed by atoms with van der Waals surface area (Å²) in [6, 6.07) is 11.2. The molecule has 1 aliphatic carbocycles. The Kier molecular flexibility index (Phi) is 11.0. The van der Waals surface area contributed by atoms with Crippen molar-refractivity contribution in [3.05, 3.63) is 58.1 Å². The highest BCUT2D eigenvalue weighted by molar-refractivity contribution is 7.90. The van der Waals surface area contributed by atoms with Crippen molar-refractivity contribution in [2.45, 2.75) is 89.5 Å². The minimum atomic E-state index is -3.91. The van der Waals surface area contributed by atoms with E-state index in [1.54, 1.807) is 20.1 Å². The average molecular weight is 689 g/mol. The van der Waals surface area contributed by atoms with Gasteiger partial charge in [0.15, 0.2) is 6.29 Å².